The summed E-state index contributed by atoms with van der Waals surface area (Å²) in [6.45, 7) is 1.21. The van der Waals surface area contributed by atoms with E-state index in [9.17, 15) is 13.8 Å². The lowest BCUT2D eigenvalue weighted by molar-refractivity contribution is -0.140. The van der Waals surface area contributed by atoms with Crippen molar-refractivity contribution < 1.29 is 18.9 Å². The van der Waals surface area contributed by atoms with E-state index >= 15 is 0 Å². The summed E-state index contributed by atoms with van der Waals surface area (Å²) in [6, 6.07) is 4.00. The number of nitrogens with one attached hydrogen (secondary N) is 1. The largest absolute Gasteiger partial charge is 0.480 e. The maximum Gasteiger partial charge on any atom is 0.327 e. The van der Waals surface area contributed by atoms with Crippen LogP contribution in [0, 0.1) is 0 Å². The van der Waals surface area contributed by atoms with Crippen molar-refractivity contribution in [3.8, 4) is 0 Å². The van der Waals surface area contributed by atoms with Crippen LogP contribution in [-0.2, 0) is 26.1 Å². The molecular weight excluding hydrogens is 370 g/mol. The summed E-state index contributed by atoms with van der Waals surface area (Å²) in [5, 5.41) is 11.7. The van der Waals surface area contributed by atoms with E-state index < -0.39 is 28.7 Å². The molecule has 0 spiro atoms. The molecule has 1 aromatic rings. The molecule has 2 atom stereocenters. The first-order chi connectivity index (χ1) is 9.29. The Labute approximate surface area is 132 Å². The highest BCUT2D eigenvalue weighted by Gasteiger charge is 2.21. The van der Waals surface area contributed by atoms with Crippen LogP contribution in [0.5, 0.6) is 0 Å². The lowest BCUT2D eigenvalue weighted by Crippen LogP contribution is -2.43. The number of hydrogen-bond acceptors (Lipinski definition) is 3. The molecule has 0 bridgehead atoms. The minimum atomic E-state index is -1.45. The summed E-state index contributed by atoms with van der Waals surface area (Å²) in [6.07, 6.45) is 0. The van der Waals surface area contributed by atoms with Gasteiger partial charge in [0.1, 0.15) is 6.04 Å². The van der Waals surface area contributed by atoms with E-state index in [0.29, 0.717) is 10.6 Å². The zero-order valence-electron chi connectivity index (χ0n) is 10.6. The minimum absolute atomic E-state index is 0.134. The van der Waals surface area contributed by atoms with Crippen molar-refractivity contribution in [2.45, 2.75) is 18.7 Å². The Morgan fingerprint density at radius 2 is 2.15 bits per heavy atom. The van der Waals surface area contributed by atoms with Gasteiger partial charge in [-0.3, -0.25) is 9.00 Å². The number of carboxylic acids is 1. The molecule has 0 heterocycles. The maximum absolute atomic E-state index is 12.0. The first kappa shape index (κ1) is 17.1. The fraction of sp³-hybridized carbons (Fsp3) is 0.333. The molecule has 1 amide bonds. The van der Waals surface area contributed by atoms with E-state index in [-0.39, 0.29) is 11.5 Å². The predicted molar refractivity (Wildman–Crippen MR) is 81.1 cm³/mol. The number of hydrogen-bond donors (Lipinski definition) is 2. The van der Waals surface area contributed by atoms with E-state index in [0.717, 1.165) is 4.47 Å². The van der Waals surface area contributed by atoms with Crippen molar-refractivity contribution in [1.82, 2.24) is 5.32 Å². The van der Waals surface area contributed by atoms with Gasteiger partial charge >= 0.3 is 5.97 Å². The lowest BCUT2D eigenvalue weighted by Gasteiger charge is -2.13. The van der Waals surface area contributed by atoms with Crippen molar-refractivity contribution in [2.24, 2.45) is 0 Å². The molecule has 0 saturated heterocycles. The topological polar surface area (TPSA) is 83.5 Å². The summed E-state index contributed by atoms with van der Waals surface area (Å²) >= 11 is 9.27. The van der Waals surface area contributed by atoms with Crippen molar-refractivity contribution in [1.29, 1.82) is 0 Å². The van der Waals surface area contributed by atoms with E-state index in [4.69, 9.17) is 16.7 Å². The summed E-state index contributed by atoms with van der Waals surface area (Å²) in [4.78, 5) is 21.8. The average Bonchev–Trinajstić information content (AvgIpc) is 2.31. The standard InChI is InChI=1S/C12H13BrClNO4S/c1-7(16)15-11(12(17)18)6-20(19)5-8-2-3-9(13)4-10(8)14/h2-4,11H,5-6H2,1H3,(H,15,16)(H,17,18). The van der Waals surface area contributed by atoms with Gasteiger partial charge in [0, 0.05) is 27.2 Å². The molecule has 0 saturated carbocycles. The molecule has 2 N–H and O–H groups in total. The maximum atomic E-state index is 12.0. The van der Waals surface area contributed by atoms with E-state index in [1.54, 1.807) is 18.2 Å². The fourth-order valence-electron chi connectivity index (χ4n) is 1.48. The van der Waals surface area contributed by atoms with Gasteiger partial charge in [0.25, 0.3) is 0 Å². The second-order valence-corrected chi connectivity index (χ2v) is 6.90. The zero-order valence-corrected chi connectivity index (χ0v) is 13.7. The number of aliphatic carboxylic acids is 1. The van der Waals surface area contributed by atoms with Gasteiger partial charge in [-0.1, -0.05) is 33.6 Å². The van der Waals surface area contributed by atoms with Crippen LogP contribution in [0.3, 0.4) is 0 Å². The van der Waals surface area contributed by atoms with Gasteiger partial charge in [-0.15, -0.1) is 0 Å². The molecule has 110 valence electrons. The number of carbonyl (C=O) groups is 2. The summed E-state index contributed by atoms with van der Waals surface area (Å²) in [5.41, 5.74) is 0.667. The SMILES string of the molecule is CC(=O)NC(CS(=O)Cc1ccc(Br)cc1Cl)C(=O)O. The molecule has 0 aliphatic heterocycles. The normalized spacial score (nSPS) is 13.6. The number of carbonyl (C=O) groups excluding carboxylic acids is 1. The second kappa shape index (κ2) is 7.75. The van der Waals surface area contributed by atoms with Gasteiger partial charge in [0.05, 0.1) is 11.5 Å². The number of rotatable bonds is 6. The van der Waals surface area contributed by atoms with Crippen LogP contribution < -0.4 is 5.32 Å². The molecule has 0 radical (unpaired) electrons. The number of halogens is 2. The highest BCUT2D eigenvalue weighted by atomic mass is 79.9. The third kappa shape index (κ3) is 5.60. The van der Waals surface area contributed by atoms with E-state index in [2.05, 4.69) is 21.2 Å². The number of carboxylic acid groups (broad SMARTS) is 1. The van der Waals surface area contributed by atoms with Gasteiger partial charge in [0.15, 0.2) is 0 Å². The van der Waals surface area contributed by atoms with Crippen LogP contribution in [-0.4, -0.2) is 33.0 Å². The predicted octanol–water partition coefficient (Wildman–Crippen LogP) is 1.94. The Bertz CT molecular complexity index is 552. The zero-order chi connectivity index (χ0) is 15.3. The van der Waals surface area contributed by atoms with Crippen molar-refractivity contribution in [2.75, 3.05) is 5.75 Å². The highest BCUT2D eigenvalue weighted by molar-refractivity contribution is 9.10. The lowest BCUT2D eigenvalue weighted by atomic mass is 10.2. The second-order valence-electron chi connectivity index (χ2n) is 4.08. The Morgan fingerprint density at radius 1 is 1.50 bits per heavy atom. The third-order valence-corrected chi connectivity index (χ3v) is 4.54. The summed E-state index contributed by atoms with van der Waals surface area (Å²) in [5.74, 6) is -1.72. The van der Waals surface area contributed by atoms with Gasteiger partial charge < -0.3 is 10.4 Å². The highest BCUT2D eigenvalue weighted by Crippen LogP contribution is 2.22. The van der Waals surface area contributed by atoms with Gasteiger partial charge in [-0.05, 0) is 17.7 Å². The van der Waals surface area contributed by atoms with Crippen LogP contribution >= 0.6 is 27.5 Å². The van der Waals surface area contributed by atoms with Gasteiger partial charge in [-0.2, -0.15) is 0 Å². The Balaban J connectivity index is 2.70. The minimum Gasteiger partial charge on any atom is -0.480 e. The van der Waals surface area contributed by atoms with Gasteiger partial charge in [0.2, 0.25) is 5.91 Å². The molecule has 1 aromatic carbocycles. The Kier molecular flexibility index (Phi) is 6.64. The van der Waals surface area contributed by atoms with Crippen LogP contribution in [0.1, 0.15) is 12.5 Å². The molecule has 5 nitrogen and oxygen atoms in total. The van der Waals surface area contributed by atoms with Crippen molar-refractivity contribution in [3.05, 3.63) is 33.3 Å². The quantitative estimate of drug-likeness (QED) is 0.787. The molecule has 0 aliphatic carbocycles. The van der Waals surface area contributed by atoms with Crippen molar-refractivity contribution >= 4 is 50.2 Å². The smallest absolute Gasteiger partial charge is 0.327 e. The van der Waals surface area contributed by atoms with Crippen LogP contribution in [0.4, 0.5) is 0 Å². The van der Waals surface area contributed by atoms with Crippen LogP contribution in [0.2, 0.25) is 5.02 Å². The molecule has 2 unspecified atom stereocenters. The first-order valence-electron chi connectivity index (χ1n) is 5.58. The van der Waals surface area contributed by atoms with E-state index in [1.807, 2.05) is 0 Å². The van der Waals surface area contributed by atoms with E-state index in [1.165, 1.54) is 6.92 Å². The Hall–Kier alpha value is -0.920. The van der Waals surface area contributed by atoms with Crippen LogP contribution in [0.15, 0.2) is 22.7 Å². The molecule has 0 aromatic heterocycles. The summed E-state index contributed by atoms with van der Waals surface area (Å²) < 4.78 is 12.8. The number of amides is 1. The molecular formula is C12H13BrClNO4S. The molecule has 0 fully saturated rings. The first-order valence-corrected chi connectivity index (χ1v) is 8.24. The van der Waals surface area contributed by atoms with Crippen molar-refractivity contribution in [3.63, 3.8) is 0 Å². The monoisotopic (exact) mass is 381 g/mol. The number of benzene rings is 1. The van der Waals surface area contributed by atoms with Crippen LogP contribution in [0.25, 0.3) is 0 Å². The summed E-state index contributed by atoms with van der Waals surface area (Å²) in [7, 11) is -1.45. The Morgan fingerprint density at radius 3 is 2.65 bits per heavy atom. The average molecular weight is 383 g/mol. The molecule has 20 heavy (non-hydrogen) atoms. The fourth-order valence-corrected chi connectivity index (χ4v) is 3.61. The molecule has 1 rings (SSSR count). The molecule has 0 aliphatic rings. The third-order valence-electron chi connectivity index (χ3n) is 2.36. The van der Waals surface area contributed by atoms with Gasteiger partial charge in [-0.25, -0.2) is 4.79 Å². The molecule has 8 heteroatoms.